The molecule has 2 aromatic rings. The molecule has 0 spiro atoms. The summed E-state index contributed by atoms with van der Waals surface area (Å²) in [6, 6.07) is 10.9. The van der Waals surface area contributed by atoms with E-state index in [-0.39, 0.29) is 11.7 Å². The maximum Gasteiger partial charge on any atom is 0.358 e. The van der Waals surface area contributed by atoms with Crippen molar-refractivity contribution in [2.75, 3.05) is 19.6 Å². The summed E-state index contributed by atoms with van der Waals surface area (Å²) in [5, 5.41) is 16.6. The van der Waals surface area contributed by atoms with Crippen LogP contribution in [0.5, 0.6) is 0 Å². The molecule has 0 saturated carbocycles. The molecule has 1 atom stereocenters. The van der Waals surface area contributed by atoms with E-state index in [1.165, 1.54) is 5.56 Å². The van der Waals surface area contributed by atoms with Gasteiger partial charge in [0.05, 0.1) is 12.2 Å². The number of aromatic carboxylic acids is 1. The van der Waals surface area contributed by atoms with Crippen molar-refractivity contribution >= 4 is 5.97 Å². The topological polar surface area (TPSA) is 71.2 Å². The average Bonchev–Trinajstić information content (AvgIpc) is 3.11. The van der Waals surface area contributed by atoms with Gasteiger partial charge in [0, 0.05) is 19.6 Å². The Morgan fingerprint density at radius 1 is 1.29 bits per heavy atom. The summed E-state index contributed by atoms with van der Waals surface area (Å²) < 4.78 is 1.72. The van der Waals surface area contributed by atoms with Crippen molar-refractivity contribution in [3.63, 3.8) is 0 Å². The number of carboxylic acid groups (broad SMARTS) is 1. The fraction of sp³-hybridized carbons (Fsp3) is 0.500. The summed E-state index contributed by atoms with van der Waals surface area (Å²) in [7, 11) is 0. The van der Waals surface area contributed by atoms with Gasteiger partial charge < -0.3 is 10.0 Å². The highest BCUT2D eigenvalue weighted by molar-refractivity contribution is 5.84. The van der Waals surface area contributed by atoms with Crippen LogP contribution in [-0.2, 0) is 0 Å². The third-order valence-electron chi connectivity index (χ3n) is 4.90. The Morgan fingerprint density at radius 2 is 2.00 bits per heavy atom. The summed E-state index contributed by atoms with van der Waals surface area (Å²) in [4.78, 5) is 13.4. The van der Waals surface area contributed by atoms with Crippen molar-refractivity contribution in [1.29, 1.82) is 0 Å². The van der Waals surface area contributed by atoms with Gasteiger partial charge in [-0.1, -0.05) is 42.5 Å². The number of carbonyl (C=O) groups is 1. The van der Waals surface area contributed by atoms with Gasteiger partial charge in [0.2, 0.25) is 0 Å². The maximum atomic E-state index is 10.9. The second kappa shape index (κ2) is 7.57. The Hall–Kier alpha value is -2.21. The zero-order chi connectivity index (χ0) is 16.9. The number of hydrogen-bond donors (Lipinski definition) is 1. The molecule has 0 amide bonds. The predicted octanol–water partition coefficient (Wildman–Crippen LogP) is 2.81. The lowest BCUT2D eigenvalue weighted by atomic mass is 9.94. The Morgan fingerprint density at radius 3 is 2.58 bits per heavy atom. The average molecular weight is 328 g/mol. The molecule has 3 rings (SSSR count). The molecule has 1 fully saturated rings. The van der Waals surface area contributed by atoms with Gasteiger partial charge in [0.25, 0.3) is 0 Å². The van der Waals surface area contributed by atoms with Gasteiger partial charge in [-0.25, -0.2) is 9.48 Å². The van der Waals surface area contributed by atoms with Gasteiger partial charge in [-0.3, -0.25) is 0 Å². The Labute approximate surface area is 142 Å². The van der Waals surface area contributed by atoms with Crippen LogP contribution in [0, 0.1) is 0 Å². The normalized spacial score (nSPS) is 17.7. The van der Waals surface area contributed by atoms with Crippen LogP contribution >= 0.6 is 0 Å². The van der Waals surface area contributed by atoms with Crippen LogP contribution in [0.15, 0.2) is 36.5 Å². The van der Waals surface area contributed by atoms with E-state index >= 15 is 0 Å². The lowest BCUT2D eigenvalue weighted by molar-refractivity contribution is 0.0690. The zero-order valence-electron chi connectivity index (χ0n) is 14.0. The molecule has 1 N–H and O–H groups in total. The van der Waals surface area contributed by atoms with Crippen LogP contribution < -0.4 is 0 Å². The number of likely N-dealkylation sites (tertiary alicyclic amines) is 1. The molecule has 0 bridgehead atoms. The molecule has 0 radical (unpaired) electrons. The van der Waals surface area contributed by atoms with Crippen LogP contribution in [0.3, 0.4) is 0 Å². The molecule has 6 nitrogen and oxygen atoms in total. The monoisotopic (exact) mass is 328 g/mol. The zero-order valence-corrected chi connectivity index (χ0v) is 14.0. The van der Waals surface area contributed by atoms with Crippen molar-refractivity contribution in [3.8, 4) is 0 Å². The third kappa shape index (κ3) is 3.82. The van der Waals surface area contributed by atoms with E-state index in [0.29, 0.717) is 5.92 Å². The minimum atomic E-state index is -1.02. The summed E-state index contributed by atoms with van der Waals surface area (Å²) in [6.45, 7) is 5.34. The number of aromatic nitrogens is 3. The van der Waals surface area contributed by atoms with Gasteiger partial charge in [0.15, 0.2) is 5.69 Å². The van der Waals surface area contributed by atoms with Crippen molar-refractivity contribution in [2.45, 2.75) is 38.1 Å². The molecule has 1 aliphatic rings. The predicted molar refractivity (Wildman–Crippen MR) is 91.2 cm³/mol. The summed E-state index contributed by atoms with van der Waals surface area (Å²) >= 11 is 0. The minimum absolute atomic E-state index is 0.0209. The van der Waals surface area contributed by atoms with E-state index in [1.807, 2.05) is 0 Å². The molecular weight excluding hydrogens is 304 g/mol. The first-order valence-electron chi connectivity index (χ1n) is 8.59. The second-order valence-electron chi connectivity index (χ2n) is 6.44. The molecule has 128 valence electrons. The first kappa shape index (κ1) is 16.6. The molecule has 2 heterocycles. The van der Waals surface area contributed by atoms with Gasteiger partial charge in [-0.15, -0.1) is 5.10 Å². The number of hydrogen-bond acceptors (Lipinski definition) is 4. The van der Waals surface area contributed by atoms with E-state index in [4.69, 9.17) is 5.11 Å². The van der Waals surface area contributed by atoms with Crippen molar-refractivity contribution in [3.05, 3.63) is 47.8 Å². The Kier molecular flexibility index (Phi) is 5.25. The number of piperidine rings is 1. The van der Waals surface area contributed by atoms with E-state index in [2.05, 4.69) is 52.5 Å². The van der Waals surface area contributed by atoms with Crippen LogP contribution in [-0.4, -0.2) is 50.6 Å². The molecule has 24 heavy (non-hydrogen) atoms. The van der Waals surface area contributed by atoms with Crippen molar-refractivity contribution in [1.82, 2.24) is 19.9 Å². The van der Waals surface area contributed by atoms with Crippen molar-refractivity contribution in [2.24, 2.45) is 0 Å². The molecule has 0 aliphatic carbocycles. The Bertz CT molecular complexity index is 663. The van der Waals surface area contributed by atoms with E-state index in [1.54, 1.807) is 10.9 Å². The Balaban J connectivity index is 1.55. The van der Waals surface area contributed by atoms with Gasteiger partial charge in [-0.2, -0.15) is 0 Å². The third-order valence-corrected chi connectivity index (χ3v) is 4.90. The highest BCUT2D eigenvalue weighted by Gasteiger charge is 2.24. The maximum absolute atomic E-state index is 10.9. The first-order valence-corrected chi connectivity index (χ1v) is 8.59. The van der Waals surface area contributed by atoms with Gasteiger partial charge in [0.1, 0.15) is 0 Å². The van der Waals surface area contributed by atoms with Gasteiger partial charge in [-0.05, 0) is 30.7 Å². The molecular formula is C18H24N4O2. The molecule has 1 unspecified atom stereocenters. The van der Waals surface area contributed by atoms with Gasteiger partial charge >= 0.3 is 5.97 Å². The van der Waals surface area contributed by atoms with E-state index in [9.17, 15) is 4.79 Å². The molecule has 1 aromatic heterocycles. The van der Waals surface area contributed by atoms with E-state index < -0.39 is 5.97 Å². The van der Waals surface area contributed by atoms with Crippen molar-refractivity contribution < 1.29 is 9.90 Å². The lowest BCUT2D eigenvalue weighted by Gasteiger charge is -2.34. The fourth-order valence-electron chi connectivity index (χ4n) is 3.43. The number of nitrogens with zero attached hydrogens (tertiary/aromatic N) is 4. The fourth-order valence-corrected chi connectivity index (χ4v) is 3.43. The second-order valence-corrected chi connectivity index (χ2v) is 6.44. The van der Waals surface area contributed by atoms with Crippen LogP contribution in [0.25, 0.3) is 0 Å². The summed E-state index contributed by atoms with van der Waals surface area (Å²) in [5.74, 6) is -0.458. The smallest absolute Gasteiger partial charge is 0.358 e. The standard InChI is InChI=1S/C18H24N4O2/c1-2-14(15-6-4-3-5-7-15)12-21-10-8-16(9-11-21)22-13-17(18(23)24)19-20-22/h3-7,13-14,16H,2,8-12H2,1H3,(H,23,24). The van der Waals surface area contributed by atoms with Crippen LogP contribution in [0.2, 0.25) is 0 Å². The lowest BCUT2D eigenvalue weighted by Crippen LogP contribution is -2.37. The van der Waals surface area contributed by atoms with E-state index in [0.717, 1.165) is 38.9 Å². The molecule has 1 aromatic carbocycles. The quantitative estimate of drug-likeness (QED) is 0.883. The minimum Gasteiger partial charge on any atom is -0.476 e. The SMILES string of the molecule is CCC(CN1CCC(n2cc(C(=O)O)nn2)CC1)c1ccccc1. The largest absolute Gasteiger partial charge is 0.476 e. The summed E-state index contributed by atoms with van der Waals surface area (Å²) in [6.07, 6.45) is 4.64. The number of benzene rings is 1. The van der Waals surface area contributed by atoms with Crippen LogP contribution in [0.4, 0.5) is 0 Å². The molecule has 1 aliphatic heterocycles. The number of rotatable bonds is 6. The number of carboxylic acids is 1. The molecule has 6 heteroatoms. The highest BCUT2D eigenvalue weighted by Crippen LogP contribution is 2.26. The highest BCUT2D eigenvalue weighted by atomic mass is 16.4. The first-order chi connectivity index (χ1) is 11.7. The summed E-state index contributed by atoms with van der Waals surface area (Å²) in [5.41, 5.74) is 1.43. The van der Waals surface area contributed by atoms with Crippen LogP contribution in [0.1, 0.15) is 54.2 Å². The molecule has 1 saturated heterocycles.